The van der Waals surface area contributed by atoms with E-state index in [1.165, 1.54) is 19.3 Å². The van der Waals surface area contributed by atoms with Crippen LogP contribution in [0.4, 0.5) is 0 Å². The summed E-state index contributed by atoms with van der Waals surface area (Å²) in [6.45, 7) is 11.1. The molecule has 0 spiro atoms. The van der Waals surface area contributed by atoms with Crippen LogP contribution in [0.15, 0.2) is 0 Å². The van der Waals surface area contributed by atoms with Gasteiger partial charge in [0.15, 0.2) is 0 Å². The van der Waals surface area contributed by atoms with Crippen LogP contribution in [-0.4, -0.2) is 41.8 Å². The number of nitrogens with two attached hydrogens (primary N) is 1. The normalized spacial score (nSPS) is 27.5. The molecule has 3 nitrogen and oxygen atoms in total. The van der Waals surface area contributed by atoms with E-state index < -0.39 is 0 Å². The van der Waals surface area contributed by atoms with Crippen molar-refractivity contribution in [3.63, 3.8) is 0 Å². The summed E-state index contributed by atoms with van der Waals surface area (Å²) >= 11 is 0. The molecule has 3 unspecified atom stereocenters. The molecule has 102 valence electrons. The smallest absolute Gasteiger partial charge is 0.0602 e. The molecule has 0 aromatic heterocycles. The molecule has 0 aromatic carbocycles. The number of likely N-dealkylation sites (tertiary alicyclic amines) is 1. The molecule has 3 atom stereocenters. The molecule has 1 aliphatic heterocycles. The number of aliphatic hydroxyl groups is 1. The Morgan fingerprint density at radius 1 is 1.29 bits per heavy atom. The zero-order valence-electron chi connectivity index (χ0n) is 11.9. The van der Waals surface area contributed by atoms with Crippen molar-refractivity contribution in [2.45, 2.75) is 59.0 Å². The predicted molar refractivity (Wildman–Crippen MR) is 72.9 cm³/mol. The fourth-order valence-corrected chi connectivity index (χ4v) is 2.65. The van der Waals surface area contributed by atoms with Gasteiger partial charge in [-0.3, -0.25) is 4.90 Å². The van der Waals surface area contributed by atoms with Crippen molar-refractivity contribution in [3.05, 3.63) is 0 Å². The molecule has 3 N–H and O–H groups in total. The van der Waals surface area contributed by atoms with E-state index in [1.54, 1.807) is 0 Å². The Kier molecular flexibility index (Phi) is 5.42. The van der Waals surface area contributed by atoms with Crippen LogP contribution in [0.25, 0.3) is 0 Å². The highest BCUT2D eigenvalue weighted by Crippen LogP contribution is 2.25. The van der Waals surface area contributed by atoms with E-state index in [-0.39, 0.29) is 24.1 Å². The van der Waals surface area contributed by atoms with Crippen LogP contribution < -0.4 is 5.73 Å². The van der Waals surface area contributed by atoms with Crippen LogP contribution in [0.1, 0.15) is 47.0 Å². The minimum atomic E-state index is 0.0286. The molecule has 0 amide bonds. The quantitative estimate of drug-likeness (QED) is 0.794. The maximum Gasteiger partial charge on any atom is 0.0602 e. The molecule has 0 aromatic rings. The van der Waals surface area contributed by atoms with E-state index in [0.29, 0.717) is 0 Å². The fraction of sp³-hybridized carbons (Fsp3) is 1.00. The van der Waals surface area contributed by atoms with Gasteiger partial charge < -0.3 is 10.8 Å². The lowest BCUT2D eigenvalue weighted by Crippen LogP contribution is -2.55. The highest BCUT2D eigenvalue weighted by atomic mass is 16.3. The zero-order chi connectivity index (χ0) is 13.1. The van der Waals surface area contributed by atoms with Gasteiger partial charge in [0, 0.05) is 12.1 Å². The van der Waals surface area contributed by atoms with Crippen LogP contribution in [0, 0.1) is 11.3 Å². The molecule has 1 rings (SSSR count). The van der Waals surface area contributed by atoms with Crippen molar-refractivity contribution in [2.24, 2.45) is 17.1 Å². The van der Waals surface area contributed by atoms with Gasteiger partial charge in [0.2, 0.25) is 0 Å². The third kappa shape index (κ3) is 4.23. The summed E-state index contributed by atoms with van der Waals surface area (Å²) in [4.78, 5) is 2.40. The Labute approximate surface area is 106 Å². The summed E-state index contributed by atoms with van der Waals surface area (Å²) in [5.41, 5.74) is 6.37. The van der Waals surface area contributed by atoms with Crippen LogP contribution >= 0.6 is 0 Å². The van der Waals surface area contributed by atoms with Crippen molar-refractivity contribution in [1.29, 1.82) is 0 Å². The first kappa shape index (κ1) is 14.9. The molecule has 0 aliphatic carbocycles. The summed E-state index contributed by atoms with van der Waals surface area (Å²) in [7, 11) is 0. The summed E-state index contributed by atoms with van der Waals surface area (Å²) in [5.74, 6) is 0.810. The molecule has 1 saturated heterocycles. The van der Waals surface area contributed by atoms with Crippen LogP contribution in [-0.2, 0) is 0 Å². The molecule has 0 saturated carbocycles. The molecular weight excluding hydrogens is 212 g/mol. The van der Waals surface area contributed by atoms with Crippen molar-refractivity contribution >= 4 is 0 Å². The van der Waals surface area contributed by atoms with E-state index >= 15 is 0 Å². The van der Waals surface area contributed by atoms with Gasteiger partial charge in [0.25, 0.3) is 0 Å². The third-order valence-corrected chi connectivity index (χ3v) is 4.12. The number of aliphatic hydroxyl groups excluding tert-OH is 1. The largest absolute Gasteiger partial charge is 0.395 e. The Bertz CT molecular complexity index is 225. The fourth-order valence-electron chi connectivity index (χ4n) is 2.65. The van der Waals surface area contributed by atoms with E-state index in [2.05, 4.69) is 32.6 Å². The number of hydrogen-bond donors (Lipinski definition) is 2. The summed E-state index contributed by atoms with van der Waals surface area (Å²) < 4.78 is 0. The van der Waals surface area contributed by atoms with Crippen molar-refractivity contribution in [3.8, 4) is 0 Å². The molecular formula is C14H30N2O. The lowest BCUT2D eigenvalue weighted by atomic mass is 9.82. The summed E-state index contributed by atoms with van der Waals surface area (Å²) in [6.07, 6.45) is 3.77. The molecule has 1 aliphatic rings. The molecule has 3 heteroatoms. The van der Waals surface area contributed by atoms with Crippen LogP contribution in [0.2, 0.25) is 0 Å². The number of nitrogens with zero attached hydrogens (tertiary/aromatic N) is 1. The van der Waals surface area contributed by atoms with Gasteiger partial charge in [-0.15, -0.1) is 0 Å². The Hall–Kier alpha value is -0.120. The molecule has 17 heavy (non-hydrogen) atoms. The van der Waals surface area contributed by atoms with Gasteiger partial charge in [-0.05, 0) is 43.7 Å². The lowest BCUT2D eigenvalue weighted by molar-refractivity contribution is 0.0725. The summed E-state index contributed by atoms with van der Waals surface area (Å²) in [5, 5.41) is 9.65. The second kappa shape index (κ2) is 6.17. The first-order valence-electron chi connectivity index (χ1n) is 6.96. The van der Waals surface area contributed by atoms with Gasteiger partial charge in [-0.2, -0.15) is 0 Å². The number of rotatable bonds is 3. The molecule has 1 fully saturated rings. The SMILES string of the molecule is CC1CCCN(C(CO)C(N)C(C)(C)C)CC1. The Morgan fingerprint density at radius 3 is 2.47 bits per heavy atom. The second-order valence-corrected chi connectivity index (χ2v) is 6.71. The highest BCUT2D eigenvalue weighted by Gasteiger charge is 2.33. The molecule has 1 heterocycles. The standard InChI is InChI=1S/C14H30N2O/c1-11-6-5-8-16(9-7-11)12(10-17)13(15)14(2,3)4/h11-13,17H,5-10,15H2,1-4H3. The Balaban J connectivity index is 2.66. The zero-order valence-corrected chi connectivity index (χ0v) is 11.9. The van der Waals surface area contributed by atoms with Gasteiger partial charge in [-0.1, -0.05) is 27.7 Å². The highest BCUT2D eigenvalue weighted by molar-refractivity contribution is 4.90. The minimum absolute atomic E-state index is 0.0286. The van der Waals surface area contributed by atoms with Gasteiger partial charge in [0.1, 0.15) is 0 Å². The molecule has 0 radical (unpaired) electrons. The minimum Gasteiger partial charge on any atom is -0.395 e. The van der Waals surface area contributed by atoms with E-state index in [4.69, 9.17) is 5.73 Å². The summed E-state index contributed by atoms with van der Waals surface area (Å²) in [6, 6.07) is 0.140. The van der Waals surface area contributed by atoms with Crippen molar-refractivity contribution in [1.82, 2.24) is 4.90 Å². The van der Waals surface area contributed by atoms with Crippen LogP contribution in [0.3, 0.4) is 0 Å². The third-order valence-electron chi connectivity index (χ3n) is 4.12. The second-order valence-electron chi connectivity index (χ2n) is 6.71. The first-order chi connectivity index (χ1) is 7.86. The lowest BCUT2D eigenvalue weighted by Gasteiger charge is -2.39. The van der Waals surface area contributed by atoms with Gasteiger partial charge in [-0.25, -0.2) is 0 Å². The maximum atomic E-state index is 9.65. The van der Waals surface area contributed by atoms with Gasteiger partial charge in [0.05, 0.1) is 6.61 Å². The van der Waals surface area contributed by atoms with Gasteiger partial charge >= 0.3 is 0 Å². The van der Waals surface area contributed by atoms with Crippen molar-refractivity contribution in [2.75, 3.05) is 19.7 Å². The van der Waals surface area contributed by atoms with E-state index in [1.807, 2.05) is 0 Å². The van der Waals surface area contributed by atoms with Crippen molar-refractivity contribution < 1.29 is 5.11 Å². The predicted octanol–water partition coefficient (Wildman–Crippen LogP) is 1.84. The van der Waals surface area contributed by atoms with Crippen LogP contribution in [0.5, 0.6) is 0 Å². The number of hydrogen-bond acceptors (Lipinski definition) is 3. The molecule has 0 bridgehead atoms. The topological polar surface area (TPSA) is 49.5 Å². The average molecular weight is 242 g/mol. The Morgan fingerprint density at radius 2 is 1.94 bits per heavy atom. The van der Waals surface area contributed by atoms with E-state index in [0.717, 1.165) is 19.0 Å². The van der Waals surface area contributed by atoms with E-state index in [9.17, 15) is 5.11 Å². The first-order valence-corrected chi connectivity index (χ1v) is 6.96. The monoisotopic (exact) mass is 242 g/mol. The average Bonchev–Trinajstić information content (AvgIpc) is 2.43. The maximum absolute atomic E-state index is 9.65.